The lowest BCUT2D eigenvalue weighted by atomic mass is 10.1. The van der Waals surface area contributed by atoms with Gasteiger partial charge >= 0.3 is 0 Å². The molecule has 6 nitrogen and oxygen atoms in total. The van der Waals surface area contributed by atoms with E-state index in [2.05, 4.69) is 4.98 Å². The summed E-state index contributed by atoms with van der Waals surface area (Å²) in [4.78, 5) is 3.90. The number of rotatable bonds is 3. The highest BCUT2D eigenvalue weighted by Crippen LogP contribution is 2.24. The summed E-state index contributed by atoms with van der Waals surface area (Å²) in [5.41, 5.74) is 5.63. The zero-order chi connectivity index (χ0) is 13.2. The average molecular weight is 271 g/mol. The van der Waals surface area contributed by atoms with Crippen LogP contribution in [0.25, 0.3) is 0 Å². The van der Waals surface area contributed by atoms with E-state index < -0.39 is 10.0 Å². The van der Waals surface area contributed by atoms with Gasteiger partial charge in [-0.25, -0.2) is 13.4 Å². The summed E-state index contributed by atoms with van der Waals surface area (Å²) in [7, 11) is -1.89. The van der Waals surface area contributed by atoms with Crippen LogP contribution in [0.15, 0.2) is 23.2 Å². The second kappa shape index (κ2) is 5.21. The van der Waals surface area contributed by atoms with Crippen molar-refractivity contribution < 1.29 is 13.2 Å². The van der Waals surface area contributed by atoms with Crippen molar-refractivity contribution in [2.45, 2.75) is 23.8 Å². The standard InChI is InChI=1S/C11H17N3O3S/c1-17-9-4-7-14(8-5-9)18(15,16)10-3-2-6-13-11(10)12/h2-3,6,9H,4-5,7-8H2,1H3,(H2,12,13). The second-order valence-electron chi connectivity index (χ2n) is 4.23. The first-order valence-corrected chi connectivity index (χ1v) is 7.23. The topological polar surface area (TPSA) is 85.5 Å². The summed E-state index contributed by atoms with van der Waals surface area (Å²) in [5.74, 6) is 0.0476. The largest absolute Gasteiger partial charge is 0.383 e. The van der Waals surface area contributed by atoms with Crippen LogP contribution in [0.4, 0.5) is 5.82 Å². The van der Waals surface area contributed by atoms with E-state index >= 15 is 0 Å². The number of nitrogens with zero attached hydrogens (tertiary/aromatic N) is 2. The maximum Gasteiger partial charge on any atom is 0.246 e. The molecule has 1 aromatic rings. The molecule has 1 aromatic heterocycles. The van der Waals surface area contributed by atoms with Crippen molar-refractivity contribution in [3.8, 4) is 0 Å². The van der Waals surface area contributed by atoms with Gasteiger partial charge in [0, 0.05) is 26.4 Å². The highest BCUT2D eigenvalue weighted by molar-refractivity contribution is 7.89. The van der Waals surface area contributed by atoms with Crippen LogP contribution in [-0.2, 0) is 14.8 Å². The van der Waals surface area contributed by atoms with Gasteiger partial charge in [0.2, 0.25) is 10.0 Å². The number of nitrogens with two attached hydrogens (primary N) is 1. The summed E-state index contributed by atoms with van der Waals surface area (Å²) in [6.07, 6.45) is 3.03. The normalized spacial score (nSPS) is 18.9. The summed E-state index contributed by atoms with van der Waals surface area (Å²) in [6.45, 7) is 0.907. The Labute approximate surface area is 107 Å². The first kappa shape index (κ1) is 13.3. The van der Waals surface area contributed by atoms with Crippen LogP contribution >= 0.6 is 0 Å². The fourth-order valence-electron chi connectivity index (χ4n) is 2.07. The number of methoxy groups -OCH3 is 1. The van der Waals surface area contributed by atoms with Crippen LogP contribution in [0.5, 0.6) is 0 Å². The lowest BCUT2D eigenvalue weighted by Crippen LogP contribution is -2.40. The SMILES string of the molecule is COC1CCN(S(=O)(=O)c2cccnc2N)CC1. The number of hydrogen-bond acceptors (Lipinski definition) is 5. The van der Waals surface area contributed by atoms with Crippen LogP contribution < -0.4 is 5.73 Å². The van der Waals surface area contributed by atoms with Crippen molar-refractivity contribution in [1.82, 2.24) is 9.29 Å². The van der Waals surface area contributed by atoms with E-state index in [1.54, 1.807) is 13.2 Å². The monoisotopic (exact) mass is 271 g/mol. The zero-order valence-corrected chi connectivity index (χ0v) is 11.1. The highest BCUT2D eigenvalue weighted by atomic mass is 32.2. The molecule has 0 aromatic carbocycles. The fourth-order valence-corrected chi connectivity index (χ4v) is 3.61. The van der Waals surface area contributed by atoms with E-state index in [4.69, 9.17) is 10.5 Å². The van der Waals surface area contributed by atoms with Gasteiger partial charge in [0.15, 0.2) is 0 Å². The Hall–Kier alpha value is -1.18. The Kier molecular flexibility index (Phi) is 3.84. The third-order valence-electron chi connectivity index (χ3n) is 3.15. The van der Waals surface area contributed by atoms with Gasteiger partial charge in [-0.15, -0.1) is 0 Å². The van der Waals surface area contributed by atoms with E-state index in [1.807, 2.05) is 0 Å². The van der Waals surface area contributed by atoms with Gasteiger partial charge in [-0.3, -0.25) is 0 Å². The number of aromatic nitrogens is 1. The lowest BCUT2D eigenvalue weighted by Gasteiger charge is -2.30. The molecule has 18 heavy (non-hydrogen) atoms. The third kappa shape index (κ3) is 2.47. The Morgan fingerprint density at radius 2 is 2.11 bits per heavy atom. The molecule has 100 valence electrons. The van der Waals surface area contributed by atoms with Gasteiger partial charge in [0.05, 0.1) is 6.10 Å². The molecule has 1 fully saturated rings. The van der Waals surface area contributed by atoms with Gasteiger partial charge in [0.1, 0.15) is 10.7 Å². The van der Waals surface area contributed by atoms with Gasteiger partial charge in [-0.05, 0) is 25.0 Å². The number of anilines is 1. The van der Waals surface area contributed by atoms with Crippen LogP contribution in [0, 0.1) is 0 Å². The van der Waals surface area contributed by atoms with Crippen molar-refractivity contribution in [2.24, 2.45) is 0 Å². The quantitative estimate of drug-likeness (QED) is 0.863. The highest BCUT2D eigenvalue weighted by Gasteiger charge is 2.30. The summed E-state index contributed by atoms with van der Waals surface area (Å²) in [6, 6.07) is 3.06. The number of sulfonamides is 1. The molecule has 1 saturated heterocycles. The van der Waals surface area contributed by atoms with Crippen LogP contribution in [0.3, 0.4) is 0 Å². The molecule has 0 radical (unpaired) electrons. The van der Waals surface area contributed by atoms with E-state index in [-0.39, 0.29) is 16.8 Å². The van der Waals surface area contributed by atoms with E-state index in [1.165, 1.54) is 16.6 Å². The van der Waals surface area contributed by atoms with Crippen molar-refractivity contribution >= 4 is 15.8 Å². The second-order valence-corrected chi connectivity index (χ2v) is 6.13. The average Bonchev–Trinajstić information content (AvgIpc) is 2.39. The third-order valence-corrected chi connectivity index (χ3v) is 5.10. The number of piperidine rings is 1. The molecule has 0 aliphatic carbocycles. The van der Waals surface area contributed by atoms with Gasteiger partial charge in [0.25, 0.3) is 0 Å². The van der Waals surface area contributed by atoms with E-state index in [0.29, 0.717) is 25.9 Å². The van der Waals surface area contributed by atoms with Crippen LogP contribution in [0.1, 0.15) is 12.8 Å². The molecular weight excluding hydrogens is 254 g/mol. The minimum Gasteiger partial charge on any atom is -0.383 e. The van der Waals surface area contributed by atoms with E-state index in [0.717, 1.165) is 0 Å². The molecule has 1 aliphatic heterocycles. The summed E-state index contributed by atoms with van der Waals surface area (Å²) in [5, 5.41) is 0. The van der Waals surface area contributed by atoms with Crippen molar-refractivity contribution in [1.29, 1.82) is 0 Å². The molecule has 2 heterocycles. The van der Waals surface area contributed by atoms with Gasteiger partial charge in [-0.1, -0.05) is 0 Å². The smallest absolute Gasteiger partial charge is 0.246 e. The first-order valence-electron chi connectivity index (χ1n) is 5.79. The van der Waals surface area contributed by atoms with Crippen LogP contribution in [0.2, 0.25) is 0 Å². The maximum atomic E-state index is 12.4. The molecule has 7 heteroatoms. The minimum atomic E-state index is -3.53. The molecule has 0 spiro atoms. The van der Waals surface area contributed by atoms with Crippen molar-refractivity contribution in [3.05, 3.63) is 18.3 Å². The fraction of sp³-hybridized carbons (Fsp3) is 0.545. The predicted molar refractivity (Wildman–Crippen MR) is 67.4 cm³/mol. The van der Waals surface area contributed by atoms with Gasteiger partial charge in [-0.2, -0.15) is 4.31 Å². The Balaban J connectivity index is 2.20. The van der Waals surface area contributed by atoms with Crippen LogP contribution in [-0.4, -0.2) is 44.0 Å². The molecule has 0 amide bonds. The molecule has 0 saturated carbocycles. The Morgan fingerprint density at radius 1 is 1.44 bits per heavy atom. The molecule has 0 bridgehead atoms. The number of ether oxygens (including phenoxy) is 1. The zero-order valence-electron chi connectivity index (χ0n) is 10.2. The summed E-state index contributed by atoms with van der Waals surface area (Å²) < 4.78 is 31.4. The molecule has 0 unspecified atom stereocenters. The number of hydrogen-bond donors (Lipinski definition) is 1. The first-order chi connectivity index (χ1) is 8.55. The van der Waals surface area contributed by atoms with Gasteiger partial charge < -0.3 is 10.5 Å². The maximum absolute atomic E-state index is 12.4. The molecule has 2 rings (SSSR count). The molecule has 0 atom stereocenters. The lowest BCUT2D eigenvalue weighted by molar-refractivity contribution is 0.0604. The summed E-state index contributed by atoms with van der Waals surface area (Å²) >= 11 is 0. The molecular formula is C11H17N3O3S. The molecule has 1 aliphatic rings. The Bertz CT molecular complexity index is 510. The minimum absolute atomic E-state index is 0.0476. The Morgan fingerprint density at radius 3 is 2.67 bits per heavy atom. The number of pyridine rings is 1. The van der Waals surface area contributed by atoms with Crippen molar-refractivity contribution in [3.63, 3.8) is 0 Å². The molecule has 2 N–H and O–H groups in total. The predicted octanol–water partition coefficient (Wildman–Crippen LogP) is 0.463. The van der Waals surface area contributed by atoms with E-state index in [9.17, 15) is 8.42 Å². The number of nitrogen functional groups attached to an aromatic ring is 1. The van der Waals surface area contributed by atoms with Crippen molar-refractivity contribution in [2.75, 3.05) is 25.9 Å².